The summed E-state index contributed by atoms with van der Waals surface area (Å²) >= 11 is 0. The average molecular weight is 533 g/mol. The first kappa shape index (κ1) is 29.2. The van der Waals surface area contributed by atoms with Gasteiger partial charge in [0.1, 0.15) is 17.4 Å². The number of benzene rings is 1. The van der Waals surface area contributed by atoms with E-state index in [0.29, 0.717) is 31.2 Å². The molecule has 39 heavy (non-hydrogen) atoms. The molecule has 4 rings (SSSR count). The van der Waals surface area contributed by atoms with Gasteiger partial charge in [0.25, 0.3) is 0 Å². The number of carbonyl (C=O) groups is 3. The van der Waals surface area contributed by atoms with Crippen molar-refractivity contribution < 1.29 is 24.2 Å². The van der Waals surface area contributed by atoms with Crippen molar-refractivity contribution >= 4 is 17.3 Å². The quantitative estimate of drug-likeness (QED) is 0.178. The van der Waals surface area contributed by atoms with Gasteiger partial charge in [0.2, 0.25) is 0 Å². The minimum Gasteiger partial charge on any atom is -0.490 e. The third-order valence-electron chi connectivity index (χ3n) is 9.63. The van der Waals surface area contributed by atoms with Gasteiger partial charge < -0.3 is 9.84 Å². The largest absolute Gasteiger partial charge is 0.490 e. The number of rotatable bonds is 7. The summed E-state index contributed by atoms with van der Waals surface area (Å²) in [5.41, 5.74) is -1.77. The Morgan fingerprint density at radius 3 is 2.23 bits per heavy atom. The second-order valence-corrected chi connectivity index (χ2v) is 13.4. The maximum absolute atomic E-state index is 14.8. The van der Waals surface area contributed by atoms with Crippen LogP contribution in [0.25, 0.3) is 0 Å². The summed E-state index contributed by atoms with van der Waals surface area (Å²) < 4.78 is 6.67. The zero-order valence-corrected chi connectivity index (χ0v) is 24.8. The Bertz CT molecular complexity index is 1270. The smallest absolute Gasteiger partial charge is 0.200 e. The van der Waals surface area contributed by atoms with Crippen LogP contribution in [0, 0.1) is 22.2 Å². The highest BCUT2D eigenvalue weighted by Crippen LogP contribution is 2.69. The lowest BCUT2D eigenvalue weighted by atomic mass is 9.40. The lowest BCUT2D eigenvalue weighted by Crippen LogP contribution is -2.66. The number of aliphatic hydroxyl groups is 1. The number of carbonyl (C=O) groups excluding carboxylic acids is 3. The highest BCUT2D eigenvalue weighted by molar-refractivity contribution is 6.34. The van der Waals surface area contributed by atoms with Crippen LogP contribution in [0.2, 0.25) is 0 Å². The van der Waals surface area contributed by atoms with Crippen molar-refractivity contribution in [3.05, 3.63) is 70.5 Å². The van der Waals surface area contributed by atoms with E-state index in [0.717, 1.165) is 12.0 Å². The molecule has 5 heteroatoms. The zero-order valence-electron chi connectivity index (χ0n) is 24.8. The Morgan fingerprint density at radius 1 is 1.05 bits per heavy atom. The number of hydrogen-bond donors (Lipinski definition) is 1. The van der Waals surface area contributed by atoms with E-state index in [4.69, 9.17) is 4.74 Å². The maximum Gasteiger partial charge on any atom is 0.200 e. The SMILES string of the molecule is CC(C)=CC[C@H]1C[C@]2(C)C(=O)C(C(=O)c3ccccc3)=C3O[C@H](C(C)(C)O)CC[C@@]1(C)[C@]3(CC=C(C)C)C2=O. The molecule has 3 aliphatic rings. The van der Waals surface area contributed by atoms with E-state index in [2.05, 4.69) is 26.8 Å². The van der Waals surface area contributed by atoms with E-state index in [1.807, 2.05) is 26.0 Å². The van der Waals surface area contributed by atoms with Gasteiger partial charge in [0.15, 0.2) is 17.3 Å². The summed E-state index contributed by atoms with van der Waals surface area (Å²) in [6, 6.07) is 8.75. The van der Waals surface area contributed by atoms with Gasteiger partial charge in [-0.3, -0.25) is 14.4 Å². The number of Topliss-reactive ketones (excluding diaryl/α,β-unsaturated/α-hetero) is 3. The molecule has 0 radical (unpaired) electrons. The Hall–Kier alpha value is -2.79. The van der Waals surface area contributed by atoms with Crippen molar-refractivity contribution in [3.63, 3.8) is 0 Å². The number of fused-ring (bicyclic) bond motifs is 1. The highest BCUT2D eigenvalue weighted by atomic mass is 16.5. The molecule has 1 aromatic rings. The van der Waals surface area contributed by atoms with Crippen LogP contribution in [0.3, 0.4) is 0 Å². The fourth-order valence-electron chi connectivity index (χ4n) is 7.18. The van der Waals surface area contributed by atoms with Crippen LogP contribution in [0.5, 0.6) is 0 Å². The molecule has 0 unspecified atom stereocenters. The average Bonchev–Trinajstić information content (AvgIpc) is 3.00. The molecule has 5 nitrogen and oxygen atoms in total. The van der Waals surface area contributed by atoms with E-state index in [1.54, 1.807) is 45.0 Å². The molecular formula is C34H44O5. The topological polar surface area (TPSA) is 80.7 Å². The van der Waals surface area contributed by atoms with Crippen LogP contribution >= 0.6 is 0 Å². The Balaban J connectivity index is 2.13. The molecule has 1 heterocycles. The van der Waals surface area contributed by atoms with Gasteiger partial charge >= 0.3 is 0 Å². The van der Waals surface area contributed by atoms with E-state index < -0.39 is 39.5 Å². The van der Waals surface area contributed by atoms with Crippen LogP contribution in [0.15, 0.2) is 65.0 Å². The van der Waals surface area contributed by atoms with Gasteiger partial charge in [-0.25, -0.2) is 0 Å². The highest BCUT2D eigenvalue weighted by Gasteiger charge is 2.73. The normalized spacial score (nSPS) is 32.2. The number of allylic oxidation sites excluding steroid dienone is 6. The molecule has 0 spiro atoms. The van der Waals surface area contributed by atoms with Gasteiger partial charge in [-0.2, -0.15) is 0 Å². The molecule has 2 fully saturated rings. The number of ether oxygens (including phenoxy) is 1. The number of ketones is 3. The van der Waals surface area contributed by atoms with Gasteiger partial charge in [0.05, 0.1) is 16.4 Å². The molecule has 1 aromatic carbocycles. The molecule has 1 N–H and O–H groups in total. The lowest BCUT2D eigenvalue weighted by Gasteiger charge is -2.61. The zero-order chi connectivity index (χ0) is 29.0. The second-order valence-electron chi connectivity index (χ2n) is 13.4. The molecule has 2 bridgehead atoms. The minimum atomic E-state index is -1.34. The van der Waals surface area contributed by atoms with Gasteiger partial charge in [-0.1, -0.05) is 60.6 Å². The van der Waals surface area contributed by atoms with Crippen LogP contribution in [0.1, 0.15) is 97.9 Å². The van der Waals surface area contributed by atoms with Crippen LogP contribution in [-0.2, 0) is 14.3 Å². The fraction of sp³-hybridized carbons (Fsp3) is 0.559. The third-order valence-corrected chi connectivity index (χ3v) is 9.63. The molecule has 0 aromatic heterocycles. The van der Waals surface area contributed by atoms with Crippen molar-refractivity contribution in [3.8, 4) is 0 Å². The predicted molar refractivity (Wildman–Crippen MR) is 153 cm³/mol. The Morgan fingerprint density at radius 2 is 1.67 bits per heavy atom. The molecule has 1 aliphatic heterocycles. The standard InChI is InChI=1S/C34H44O5/c1-21(2)14-15-24-20-32(7)28(36)26(27(35)23-12-10-9-11-13-23)29-34(30(32)37,19-16-22(3)4)33(24,8)18-17-25(39-29)31(5,6)38/h9-14,16,24-25,38H,15,17-20H2,1-8H3/t24-,25-,32+,33+,34-/m0/s1. The van der Waals surface area contributed by atoms with Crippen molar-refractivity contribution in [1.29, 1.82) is 0 Å². The molecule has 2 aliphatic carbocycles. The summed E-state index contributed by atoms with van der Waals surface area (Å²) in [4.78, 5) is 43.5. The first-order valence-corrected chi connectivity index (χ1v) is 14.2. The minimum absolute atomic E-state index is 0.0112. The molecular weight excluding hydrogens is 488 g/mol. The molecule has 5 atom stereocenters. The fourth-order valence-corrected chi connectivity index (χ4v) is 7.18. The third kappa shape index (κ3) is 4.57. The molecule has 210 valence electrons. The first-order chi connectivity index (χ1) is 18.1. The van der Waals surface area contributed by atoms with E-state index in [9.17, 15) is 19.5 Å². The summed E-state index contributed by atoms with van der Waals surface area (Å²) in [7, 11) is 0. The lowest BCUT2D eigenvalue weighted by molar-refractivity contribution is -0.171. The van der Waals surface area contributed by atoms with Crippen molar-refractivity contribution in [2.45, 2.75) is 99.2 Å². The van der Waals surface area contributed by atoms with Crippen molar-refractivity contribution in [2.75, 3.05) is 0 Å². The predicted octanol–water partition coefficient (Wildman–Crippen LogP) is 6.96. The van der Waals surface area contributed by atoms with Crippen LogP contribution in [0.4, 0.5) is 0 Å². The number of hydrogen-bond acceptors (Lipinski definition) is 5. The monoisotopic (exact) mass is 532 g/mol. The summed E-state index contributed by atoms with van der Waals surface area (Å²) in [5.74, 6) is -0.834. The summed E-state index contributed by atoms with van der Waals surface area (Å²) in [6.07, 6.45) is 6.17. The van der Waals surface area contributed by atoms with E-state index in [-0.39, 0.29) is 23.0 Å². The second kappa shape index (κ2) is 9.99. The van der Waals surface area contributed by atoms with Gasteiger partial charge in [-0.15, -0.1) is 0 Å². The Labute approximate surface area is 233 Å². The van der Waals surface area contributed by atoms with Gasteiger partial charge in [0, 0.05) is 5.56 Å². The van der Waals surface area contributed by atoms with E-state index >= 15 is 0 Å². The van der Waals surface area contributed by atoms with Crippen molar-refractivity contribution in [2.24, 2.45) is 22.2 Å². The molecule has 1 saturated carbocycles. The van der Waals surface area contributed by atoms with Crippen LogP contribution < -0.4 is 0 Å². The Kier molecular flexibility index (Phi) is 7.48. The van der Waals surface area contributed by atoms with Crippen LogP contribution in [-0.4, -0.2) is 34.2 Å². The molecule has 0 amide bonds. The van der Waals surface area contributed by atoms with E-state index in [1.165, 1.54) is 5.57 Å². The van der Waals surface area contributed by atoms with Gasteiger partial charge in [-0.05, 0) is 91.9 Å². The molecule has 1 saturated heterocycles. The summed E-state index contributed by atoms with van der Waals surface area (Å²) in [5, 5.41) is 11.2. The van der Waals surface area contributed by atoms with Crippen molar-refractivity contribution in [1.82, 2.24) is 0 Å². The summed E-state index contributed by atoms with van der Waals surface area (Å²) in [6.45, 7) is 15.4. The maximum atomic E-state index is 14.8. The first-order valence-electron chi connectivity index (χ1n) is 14.2.